The Hall–Kier alpha value is -1.41. The number of hydrogen-bond donors (Lipinski definition) is 0. The van der Waals surface area contributed by atoms with Crippen LogP contribution in [0.15, 0.2) is 41.6 Å². The zero-order valence-corrected chi connectivity index (χ0v) is 14.9. The van der Waals surface area contributed by atoms with E-state index in [4.69, 9.17) is 27.9 Å². The maximum absolute atomic E-state index is 12.7. The molecule has 0 amide bonds. The maximum atomic E-state index is 12.7. The largest absolute Gasteiger partial charge is 0.459 e. The van der Waals surface area contributed by atoms with E-state index in [1.54, 1.807) is 12.1 Å². The zero-order valence-electron chi connectivity index (χ0n) is 12.6. The Bertz CT molecular complexity index is 815. The van der Waals surface area contributed by atoms with E-state index in [1.807, 2.05) is 0 Å². The quantitative estimate of drug-likeness (QED) is 0.805. The fraction of sp³-hybridized carbons (Fsp3) is 0.333. The van der Waals surface area contributed by atoms with Gasteiger partial charge in [0.15, 0.2) is 0 Å². The average Bonchev–Trinajstić information content (AvgIpc) is 2.57. The third-order valence-corrected chi connectivity index (χ3v) is 5.93. The average molecular weight is 388 g/mol. The summed E-state index contributed by atoms with van der Waals surface area (Å²) in [6, 6.07) is 6.43. The summed E-state index contributed by atoms with van der Waals surface area (Å²) >= 11 is 11.6. The molecule has 1 aliphatic heterocycles. The molecule has 1 saturated heterocycles. The minimum absolute atomic E-state index is 0.179. The van der Waals surface area contributed by atoms with Gasteiger partial charge in [-0.25, -0.2) is 18.4 Å². The van der Waals surface area contributed by atoms with E-state index >= 15 is 0 Å². The van der Waals surface area contributed by atoms with Crippen molar-refractivity contribution in [2.24, 2.45) is 0 Å². The fourth-order valence-electron chi connectivity index (χ4n) is 2.51. The van der Waals surface area contributed by atoms with Crippen LogP contribution in [0.2, 0.25) is 10.0 Å². The third kappa shape index (κ3) is 3.97. The lowest BCUT2D eigenvalue weighted by Crippen LogP contribution is -2.44. The molecule has 3 rings (SSSR count). The van der Waals surface area contributed by atoms with Gasteiger partial charge in [-0.3, -0.25) is 0 Å². The Labute approximate surface area is 150 Å². The van der Waals surface area contributed by atoms with Crippen LogP contribution >= 0.6 is 23.2 Å². The molecule has 1 aromatic carbocycles. The van der Waals surface area contributed by atoms with Crippen LogP contribution in [0.1, 0.15) is 12.8 Å². The monoisotopic (exact) mass is 387 g/mol. The highest BCUT2D eigenvalue weighted by atomic mass is 35.5. The van der Waals surface area contributed by atoms with E-state index in [-0.39, 0.29) is 23.6 Å². The number of sulfonamides is 1. The molecule has 1 aromatic heterocycles. The van der Waals surface area contributed by atoms with Gasteiger partial charge in [0.25, 0.3) is 0 Å². The molecule has 1 unspecified atom stereocenters. The number of hydrogen-bond acceptors (Lipinski definition) is 5. The minimum Gasteiger partial charge on any atom is -0.459 e. The summed E-state index contributed by atoms with van der Waals surface area (Å²) in [5.74, 6) is 0. The Morgan fingerprint density at radius 1 is 1.17 bits per heavy atom. The number of nitrogens with zero attached hydrogens (tertiary/aromatic N) is 3. The molecule has 0 aliphatic carbocycles. The van der Waals surface area contributed by atoms with E-state index in [0.29, 0.717) is 23.0 Å². The summed E-state index contributed by atoms with van der Waals surface area (Å²) in [6.45, 7) is 0.678. The van der Waals surface area contributed by atoms with Gasteiger partial charge in [0.1, 0.15) is 6.10 Å². The maximum Gasteiger partial charge on any atom is 0.316 e. The number of ether oxygens (including phenoxy) is 1. The van der Waals surface area contributed by atoms with Gasteiger partial charge in [-0.1, -0.05) is 29.3 Å². The molecule has 24 heavy (non-hydrogen) atoms. The van der Waals surface area contributed by atoms with Gasteiger partial charge in [0.2, 0.25) is 10.0 Å². The lowest BCUT2D eigenvalue weighted by atomic mass is 10.1. The Morgan fingerprint density at radius 3 is 2.62 bits per heavy atom. The summed E-state index contributed by atoms with van der Waals surface area (Å²) in [6.07, 6.45) is 3.99. The molecular formula is C15H15Cl2N3O3S. The van der Waals surface area contributed by atoms with Crippen molar-refractivity contribution >= 4 is 33.2 Å². The Balaban J connectivity index is 1.74. The first kappa shape index (κ1) is 17.4. The topological polar surface area (TPSA) is 72.4 Å². The van der Waals surface area contributed by atoms with Gasteiger partial charge in [-0.05, 0) is 31.0 Å². The van der Waals surface area contributed by atoms with Crippen LogP contribution in [-0.4, -0.2) is 41.9 Å². The lowest BCUT2D eigenvalue weighted by molar-refractivity contribution is 0.119. The molecule has 0 spiro atoms. The minimum atomic E-state index is -3.61. The van der Waals surface area contributed by atoms with Crippen molar-refractivity contribution in [1.29, 1.82) is 0 Å². The van der Waals surface area contributed by atoms with Gasteiger partial charge < -0.3 is 4.74 Å². The number of benzene rings is 1. The number of rotatable bonds is 4. The molecule has 9 heteroatoms. The van der Waals surface area contributed by atoms with Crippen molar-refractivity contribution in [3.05, 3.63) is 46.7 Å². The highest BCUT2D eigenvalue weighted by Crippen LogP contribution is 2.24. The summed E-state index contributed by atoms with van der Waals surface area (Å²) < 4.78 is 32.6. The second-order valence-electron chi connectivity index (χ2n) is 5.39. The molecule has 2 aromatic rings. The van der Waals surface area contributed by atoms with Crippen LogP contribution in [-0.2, 0) is 10.0 Å². The van der Waals surface area contributed by atoms with Crippen LogP contribution in [0.5, 0.6) is 6.01 Å². The third-order valence-electron chi connectivity index (χ3n) is 3.64. The summed E-state index contributed by atoms with van der Waals surface area (Å²) in [4.78, 5) is 8.14. The highest BCUT2D eigenvalue weighted by Gasteiger charge is 2.31. The molecule has 0 bridgehead atoms. The first-order valence-corrected chi connectivity index (χ1v) is 9.55. The zero-order chi connectivity index (χ0) is 17.2. The molecule has 1 atom stereocenters. The number of piperidine rings is 1. The first-order valence-electron chi connectivity index (χ1n) is 7.35. The predicted octanol–water partition coefficient (Wildman–Crippen LogP) is 3.02. The predicted molar refractivity (Wildman–Crippen MR) is 90.9 cm³/mol. The van der Waals surface area contributed by atoms with Crippen molar-refractivity contribution in [2.45, 2.75) is 23.8 Å². The van der Waals surface area contributed by atoms with E-state index in [1.165, 1.54) is 28.8 Å². The molecule has 1 aliphatic rings. The summed E-state index contributed by atoms with van der Waals surface area (Å²) in [5, 5.41) is 0.798. The normalized spacial score (nSPS) is 19.2. The van der Waals surface area contributed by atoms with Crippen LogP contribution in [0.25, 0.3) is 0 Å². The van der Waals surface area contributed by atoms with Gasteiger partial charge in [0, 0.05) is 11.6 Å². The van der Waals surface area contributed by atoms with Crippen LogP contribution in [0, 0.1) is 0 Å². The van der Waals surface area contributed by atoms with Gasteiger partial charge in [-0.2, -0.15) is 4.31 Å². The van der Waals surface area contributed by atoms with Crippen LogP contribution in [0.4, 0.5) is 0 Å². The van der Waals surface area contributed by atoms with E-state index in [9.17, 15) is 8.42 Å². The Kier molecular flexibility index (Phi) is 5.24. The number of halogens is 2. The number of aromatic nitrogens is 2. The molecule has 2 heterocycles. The van der Waals surface area contributed by atoms with Crippen LogP contribution in [0.3, 0.4) is 0 Å². The van der Waals surface area contributed by atoms with Gasteiger partial charge >= 0.3 is 6.01 Å². The van der Waals surface area contributed by atoms with Crippen molar-refractivity contribution in [3.63, 3.8) is 0 Å². The van der Waals surface area contributed by atoms with Gasteiger partial charge in [-0.15, -0.1) is 0 Å². The smallest absolute Gasteiger partial charge is 0.316 e. The standard InChI is InChI=1S/C15H15Cl2N3O3S/c16-11-3-1-5-14(7-11)24(21,22)20-6-2-4-13(10-20)23-15-18-8-12(17)9-19-15/h1,3,5,7-9,13H,2,4,6,10H2. The summed E-state index contributed by atoms with van der Waals surface area (Å²) in [5.41, 5.74) is 0. The summed E-state index contributed by atoms with van der Waals surface area (Å²) in [7, 11) is -3.61. The van der Waals surface area contributed by atoms with Crippen molar-refractivity contribution < 1.29 is 13.2 Å². The van der Waals surface area contributed by atoms with Crippen molar-refractivity contribution in [1.82, 2.24) is 14.3 Å². The molecule has 0 saturated carbocycles. The molecule has 0 radical (unpaired) electrons. The molecule has 6 nitrogen and oxygen atoms in total. The highest BCUT2D eigenvalue weighted by molar-refractivity contribution is 7.89. The van der Waals surface area contributed by atoms with E-state index in [2.05, 4.69) is 9.97 Å². The van der Waals surface area contributed by atoms with Crippen molar-refractivity contribution in [3.8, 4) is 6.01 Å². The van der Waals surface area contributed by atoms with Crippen LogP contribution < -0.4 is 4.74 Å². The SMILES string of the molecule is O=S(=O)(c1cccc(Cl)c1)N1CCCC(Oc2ncc(Cl)cn2)C1. The molecule has 1 fully saturated rings. The van der Waals surface area contributed by atoms with E-state index < -0.39 is 10.0 Å². The molecule has 128 valence electrons. The second-order valence-corrected chi connectivity index (χ2v) is 8.20. The van der Waals surface area contributed by atoms with Gasteiger partial charge in [0.05, 0.1) is 28.9 Å². The first-order chi connectivity index (χ1) is 11.4. The molecule has 0 N–H and O–H groups in total. The van der Waals surface area contributed by atoms with Crippen molar-refractivity contribution in [2.75, 3.05) is 13.1 Å². The lowest BCUT2D eigenvalue weighted by Gasteiger charge is -2.31. The second kappa shape index (κ2) is 7.23. The Morgan fingerprint density at radius 2 is 1.92 bits per heavy atom. The molecular weight excluding hydrogens is 373 g/mol. The fourth-order valence-corrected chi connectivity index (χ4v) is 4.42. The van der Waals surface area contributed by atoms with E-state index in [0.717, 1.165) is 6.42 Å².